The number of aromatic amines is 1. The molecule has 4 heteroatoms. The number of nitrogens with zero attached hydrogens (tertiary/aromatic N) is 1. The lowest BCUT2D eigenvalue weighted by atomic mass is 10.3. The molecule has 0 saturated carbocycles. The Kier molecular flexibility index (Phi) is 1.81. The second kappa shape index (κ2) is 2.97. The van der Waals surface area contributed by atoms with Crippen LogP contribution in [0.25, 0.3) is 11.0 Å². The van der Waals surface area contributed by atoms with Crippen LogP contribution in [0.15, 0.2) is 18.2 Å². The summed E-state index contributed by atoms with van der Waals surface area (Å²) in [4.78, 5) is 7.40. The summed E-state index contributed by atoms with van der Waals surface area (Å²) in [5.74, 6) is 1.60. The van der Waals surface area contributed by atoms with Crippen LogP contribution in [-0.4, -0.2) is 24.1 Å². The van der Waals surface area contributed by atoms with Crippen molar-refractivity contribution >= 4 is 17.0 Å². The molecular formula is C9H11N3O. The standard InChI is InChI=1S/C9H11N3O/c1-10-9-11-7-4-3-6(13-2)5-8(7)12-9/h3-5H,1-2H3,(H2,10,11,12). The van der Waals surface area contributed by atoms with E-state index in [1.165, 1.54) is 0 Å². The first-order valence-electron chi connectivity index (χ1n) is 4.05. The number of imidazole rings is 1. The molecule has 2 N–H and O–H groups in total. The molecule has 1 aromatic carbocycles. The molecular weight excluding hydrogens is 166 g/mol. The van der Waals surface area contributed by atoms with Gasteiger partial charge in [-0.05, 0) is 12.1 Å². The number of nitrogens with one attached hydrogen (secondary N) is 2. The Morgan fingerprint density at radius 3 is 3.00 bits per heavy atom. The van der Waals surface area contributed by atoms with Gasteiger partial charge in [-0.1, -0.05) is 0 Å². The Hall–Kier alpha value is -1.71. The molecule has 68 valence electrons. The van der Waals surface area contributed by atoms with Gasteiger partial charge in [0.2, 0.25) is 5.95 Å². The molecule has 0 radical (unpaired) electrons. The Balaban J connectivity index is 2.57. The van der Waals surface area contributed by atoms with Gasteiger partial charge >= 0.3 is 0 Å². The molecule has 0 bridgehead atoms. The number of fused-ring (bicyclic) bond motifs is 1. The van der Waals surface area contributed by atoms with Gasteiger partial charge < -0.3 is 15.0 Å². The Morgan fingerprint density at radius 2 is 2.31 bits per heavy atom. The largest absolute Gasteiger partial charge is 0.497 e. The van der Waals surface area contributed by atoms with Gasteiger partial charge in [0.15, 0.2) is 0 Å². The van der Waals surface area contributed by atoms with Crippen LogP contribution in [0.3, 0.4) is 0 Å². The Bertz CT molecular complexity index is 420. The molecule has 13 heavy (non-hydrogen) atoms. The normalized spacial score (nSPS) is 10.3. The predicted octanol–water partition coefficient (Wildman–Crippen LogP) is 1.61. The van der Waals surface area contributed by atoms with Crippen LogP contribution >= 0.6 is 0 Å². The van der Waals surface area contributed by atoms with Gasteiger partial charge in [-0.25, -0.2) is 4.98 Å². The highest BCUT2D eigenvalue weighted by molar-refractivity contribution is 5.78. The van der Waals surface area contributed by atoms with Crippen LogP contribution < -0.4 is 10.1 Å². The number of anilines is 1. The number of aromatic nitrogens is 2. The summed E-state index contributed by atoms with van der Waals surface area (Å²) in [7, 11) is 3.48. The van der Waals surface area contributed by atoms with Crippen molar-refractivity contribution in [2.45, 2.75) is 0 Å². The Morgan fingerprint density at radius 1 is 1.46 bits per heavy atom. The molecule has 0 saturated heterocycles. The summed E-state index contributed by atoms with van der Waals surface area (Å²) in [6.45, 7) is 0. The lowest BCUT2D eigenvalue weighted by Crippen LogP contribution is -1.88. The van der Waals surface area contributed by atoms with E-state index in [4.69, 9.17) is 4.74 Å². The predicted molar refractivity (Wildman–Crippen MR) is 52.2 cm³/mol. The second-order valence-electron chi connectivity index (χ2n) is 2.72. The molecule has 2 rings (SSSR count). The van der Waals surface area contributed by atoms with Crippen molar-refractivity contribution in [1.29, 1.82) is 0 Å². The molecule has 0 unspecified atom stereocenters. The number of hydrogen-bond donors (Lipinski definition) is 2. The molecule has 1 heterocycles. The van der Waals surface area contributed by atoms with Crippen molar-refractivity contribution in [3.8, 4) is 5.75 Å². The van der Waals surface area contributed by atoms with Crippen LogP contribution in [0.2, 0.25) is 0 Å². The van der Waals surface area contributed by atoms with Crippen molar-refractivity contribution in [1.82, 2.24) is 9.97 Å². The highest BCUT2D eigenvalue weighted by Crippen LogP contribution is 2.19. The zero-order valence-electron chi connectivity index (χ0n) is 7.59. The molecule has 0 fully saturated rings. The van der Waals surface area contributed by atoms with Crippen molar-refractivity contribution in [2.75, 3.05) is 19.5 Å². The number of rotatable bonds is 2. The van der Waals surface area contributed by atoms with E-state index in [2.05, 4.69) is 15.3 Å². The zero-order chi connectivity index (χ0) is 9.26. The van der Waals surface area contributed by atoms with Gasteiger partial charge in [0.25, 0.3) is 0 Å². The number of ether oxygens (including phenoxy) is 1. The number of benzene rings is 1. The minimum Gasteiger partial charge on any atom is -0.497 e. The topological polar surface area (TPSA) is 49.9 Å². The van der Waals surface area contributed by atoms with Gasteiger partial charge in [-0.2, -0.15) is 0 Å². The number of hydrogen-bond acceptors (Lipinski definition) is 3. The van der Waals surface area contributed by atoms with E-state index >= 15 is 0 Å². The first-order chi connectivity index (χ1) is 6.33. The van der Waals surface area contributed by atoms with Gasteiger partial charge in [-0.15, -0.1) is 0 Å². The maximum Gasteiger partial charge on any atom is 0.200 e. The minimum absolute atomic E-state index is 0.767. The van der Waals surface area contributed by atoms with E-state index in [0.29, 0.717) is 0 Å². The fourth-order valence-corrected chi connectivity index (χ4v) is 1.23. The van der Waals surface area contributed by atoms with Gasteiger partial charge in [0.05, 0.1) is 18.1 Å². The van der Waals surface area contributed by atoms with Crippen LogP contribution in [0.1, 0.15) is 0 Å². The van der Waals surface area contributed by atoms with Crippen LogP contribution in [0, 0.1) is 0 Å². The van der Waals surface area contributed by atoms with Crippen LogP contribution in [0.4, 0.5) is 5.95 Å². The van der Waals surface area contributed by atoms with E-state index in [9.17, 15) is 0 Å². The summed E-state index contributed by atoms with van der Waals surface area (Å²) in [5, 5.41) is 2.95. The Labute approximate surface area is 75.9 Å². The van der Waals surface area contributed by atoms with Gasteiger partial charge in [0.1, 0.15) is 5.75 Å². The highest BCUT2D eigenvalue weighted by atomic mass is 16.5. The third-order valence-corrected chi connectivity index (χ3v) is 1.93. The summed E-state index contributed by atoms with van der Waals surface area (Å²) in [6.07, 6.45) is 0. The SMILES string of the molecule is CNc1nc2ccc(OC)cc2[nH]1. The minimum atomic E-state index is 0.767. The summed E-state index contributed by atoms with van der Waals surface area (Å²) in [5.41, 5.74) is 1.91. The molecule has 1 aromatic heterocycles. The lowest BCUT2D eigenvalue weighted by Gasteiger charge is -1.96. The average Bonchev–Trinajstić information content (AvgIpc) is 2.58. The quantitative estimate of drug-likeness (QED) is 0.732. The van der Waals surface area contributed by atoms with E-state index in [0.717, 1.165) is 22.7 Å². The lowest BCUT2D eigenvalue weighted by molar-refractivity contribution is 0.415. The van der Waals surface area contributed by atoms with E-state index < -0.39 is 0 Å². The van der Waals surface area contributed by atoms with Gasteiger partial charge in [-0.3, -0.25) is 0 Å². The third kappa shape index (κ3) is 1.30. The summed E-state index contributed by atoms with van der Waals surface area (Å²) in [6, 6.07) is 5.73. The summed E-state index contributed by atoms with van der Waals surface area (Å²) < 4.78 is 5.10. The molecule has 4 nitrogen and oxygen atoms in total. The van der Waals surface area contributed by atoms with Gasteiger partial charge in [0, 0.05) is 13.1 Å². The molecule has 0 atom stereocenters. The molecule has 0 spiro atoms. The fourth-order valence-electron chi connectivity index (χ4n) is 1.23. The van der Waals surface area contributed by atoms with Crippen molar-refractivity contribution in [3.63, 3.8) is 0 Å². The van der Waals surface area contributed by atoms with Crippen LogP contribution in [-0.2, 0) is 0 Å². The smallest absolute Gasteiger partial charge is 0.200 e. The van der Waals surface area contributed by atoms with E-state index in [1.54, 1.807) is 7.11 Å². The van der Waals surface area contributed by atoms with Crippen LogP contribution in [0.5, 0.6) is 5.75 Å². The fraction of sp³-hybridized carbons (Fsp3) is 0.222. The monoisotopic (exact) mass is 177 g/mol. The van der Waals surface area contributed by atoms with E-state index in [1.807, 2.05) is 25.2 Å². The molecule has 0 amide bonds. The van der Waals surface area contributed by atoms with Crippen molar-refractivity contribution in [3.05, 3.63) is 18.2 Å². The molecule has 0 aliphatic rings. The van der Waals surface area contributed by atoms with Crippen molar-refractivity contribution in [2.24, 2.45) is 0 Å². The molecule has 0 aliphatic carbocycles. The maximum absolute atomic E-state index is 5.10. The maximum atomic E-state index is 5.10. The second-order valence-corrected chi connectivity index (χ2v) is 2.72. The first kappa shape index (κ1) is 7.91. The first-order valence-corrected chi connectivity index (χ1v) is 4.05. The van der Waals surface area contributed by atoms with Crippen molar-refractivity contribution < 1.29 is 4.74 Å². The highest BCUT2D eigenvalue weighted by Gasteiger charge is 2.01. The molecule has 2 aromatic rings. The number of H-pyrrole nitrogens is 1. The third-order valence-electron chi connectivity index (χ3n) is 1.93. The average molecular weight is 177 g/mol. The summed E-state index contributed by atoms with van der Waals surface area (Å²) >= 11 is 0. The number of methoxy groups -OCH3 is 1. The van der Waals surface area contributed by atoms with E-state index in [-0.39, 0.29) is 0 Å². The molecule has 0 aliphatic heterocycles. The zero-order valence-corrected chi connectivity index (χ0v) is 7.59.